The molecule has 10 heteroatoms. The highest BCUT2D eigenvalue weighted by molar-refractivity contribution is 5.59. The minimum atomic E-state index is -0.757. The molecule has 208 valence electrons. The molecule has 0 amide bonds. The summed E-state index contributed by atoms with van der Waals surface area (Å²) in [4.78, 5) is 11.5. The summed E-state index contributed by atoms with van der Waals surface area (Å²) in [6.45, 7) is 12.1. The summed E-state index contributed by atoms with van der Waals surface area (Å²) in [7, 11) is 1.00. The van der Waals surface area contributed by atoms with Crippen molar-refractivity contribution in [2.45, 2.75) is 91.4 Å². The number of hydrogen-bond acceptors (Lipinski definition) is 9. The van der Waals surface area contributed by atoms with Gasteiger partial charge in [-0.25, -0.2) is 4.79 Å². The summed E-state index contributed by atoms with van der Waals surface area (Å²) in [5, 5.41) is 22.1. The fourth-order valence-corrected chi connectivity index (χ4v) is 4.07. The molecule has 2 heterocycles. The molecule has 0 bridgehead atoms. The number of nitrogens with zero attached hydrogens (tertiary/aromatic N) is 2. The number of aromatic nitrogens is 2. The van der Waals surface area contributed by atoms with Crippen molar-refractivity contribution in [2.24, 2.45) is 0 Å². The first kappa shape index (κ1) is 30.4. The van der Waals surface area contributed by atoms with E-state index in [1.54, 1.807) is 6.92 Å². The Morgan fingerprint density at radius 3 is 2.41 bits per heavy atom. The average Bonchev–Trinajstić information content (AvgIpc) is 3.15. The van der Waals surface area contributed by atoms with Crippen LogP contribution in [0, 0.1) is 6.92 Å². The van der Waals surface area contributed by atoms with Gasteiger partial charge in [0.1, 0.15) is 12.4 Å². The first-order valence-corrected chi connectivity index (χ1v) is 12.7. The lowest BCUT2D eigenvalue weighted by Crippen LogP contribution is -2.41. The van der Waals surface area contributed by atoms with Crippen LogP contribution in [0.5, 0.6) is 11.6 Å². The lowest BCUT2D eigenvalue weighted by atomic mass is 10.0. The maximum atomic E-state index is 11.5. The molecule has 1 aliphatic heterocycles. The monoisotopic (exact) mass is 522 g/mol. The second-order valence-electron chi connectivity index (χ2n) is 9.32. The SMILES string of the molecule is CCOC(=O)OCC1CC(O)CC(Oc2nn(C(C)C)c(C)c2Cc2ccc(OC(C)C)cc2)O1.CO. The number of aliphatic hydroxyl groups excluding tert-OH is 2. The molecule has 1 aliphatic rings. The molecule has 0 radical (unpaired) electrons. The summed E-state index contributed by atoms with van der Waals surface area (Å²) in [5.74, 6) is 1.30. The zero-order chi connectivity index (χ0) is 27.5. The smallest absolute Gasteiger partial charge is 0.491 e. The van der Waals surface area contributed by atoms with E-state index in [-0.39, 0.29) is 25.4 Å². The summed E-state index contributed by atoms with van der Waals surface area (Å²) in [6, 6.07) is 8.16. The molecule has 0 aliphatic carbocycles. The fourth-order valence-electron chi connectivity index (χ4n) is 4.07. The molecule has 3 rings (SSSR count). The molecule has 37 heavy (non-hydrogen) atoms. The van der Waals surface area contributed by atoms with Gasteiger partial charge in [0.15, 0.2) is 0 Å². The lowest BCUT2D eigenvalue weighted by molar-refractivity contribution is -0.187. The minimum Gasteiger partial charge on any atom is -0.491 e. The number of carbonyl (C=O) groups is 1. The number of aliphatic hydroxyl groups is 2. The number of ether oxygens (including phenoxy) is 5. The molecule has 1 saturated heterocycles. The highest BCUT2D eigenvalue weighted by Crippen LogP contribution is 2.30. The summed E-state index contributed by atoms with van der Waals surface area (Å²) >= 11 is 0. The molecule has 2 aromatic rings. The predicted molar refractivity (Wildman–Crippen MR) is 138 cm³/mol. The quantitative estimate of drug-likeness (QED) is 0.443. The van der Waals surface area contributed by atoms with Crippen LogP contribution in [0.2, 0.25) is 0 Å². The summed E-state index contributed by atoms with van der Waals surface area (Å²) in [6.07, 6.45) is -1.24. The van der Waals surface area contributed by atoms with Crippen molar-refractivity contribution in [1.29, 1.82) is 0 Å². The van der Waals surface area contributed by atoms with Gasteiger partial charge in [-0.2, -0.15) is 0 Å². The Labute approximate surface area is 219 Å². The molecule has 0 saturated carbocycles. The molecule has 0 spiro atoms. The van der Waals surface area contributed by atoms with E-state index in [4.69, 9.17) is 33.9 Å². The van der Waals surface area contributed by atoms with Crippen molar-refractivity contribution in [3.63, 3.8) is 0 Å². The molecular weight excluding hydrogens is 480 g/mol. The van der Waals surface area contributed by atoms with E-state index in [0.717, 1.165) is 29.7 Å². The van der Waals surface area contributed by atoms with Crippen LogP contribution in [0.3, 0.4) is 0 Å². The van der Waals surface area contributed by atoms with Gasteiger partial charge in [-0.1, -0.05) is 12.1 Å². The standard InChI is InChI=1S/C26H38N2O7.CH4O/c1-7-31-26(30)32-15-22-13-20(29)14-24(34-22)35-25-23(18(6)28(27-25)16(2)3)12-19-8-10-21(11-9-19)33-17(4)5;1-2/h8-11,16-17,20,22,24,29H,7,12-15H2,1-6H3;2H,1H3. The van der Waals surface area contributed by atoms with Crippen LogP contribution < -0.4 is 9.47 Å². The molecule has 2 N–H and O–H groups in total. The van der Waals surface area contributed by atoms with E-state index in [2.05, 4.69) is 13.8 Å². The third-order valence-corrected chi connectivity index (χ3v) is 5.64. The summed E-state index contributed by atoms with van der Waals surface area (Å²) in [5.41, 5.74) is 3.07. The van der Waals surface area contributed by atoms with Gasteiger partial charge in [-0.3, -0.25) is 4.68 Å². The van der Waals surface area contributed by atoms with E-state index in [1.165, 1.54) is 0 Å². The Hall–Kier alpha value is -2.82. The molecule has 3 atom stereocenters. The van der Waals surface area contributed by atoms with Gasteiger partial charge in [0, 0.05) is 43.7 Å². The van der Waals surface area contributed by atoms with Crippen LogP contribution in [0.4, 0.5) is 4.79 Å². The number of hydrogen-bond donors (Lipinski definition) is 2. The Morgan fingerprint density at radius 1 is 1.14 bits per heavy atom. The van der Waals surface area contributed by atoms with E-state index in [0.29, 0.717) is 25.1 Å². The predicted octanol–water partition coefficient (Wildman–Crippen LogP) is 4.18. The summed E-state index contributed by atoms with van der Waals surface area (Å²) < 4.78 is 29.7. The fraction of sp³-hybridized carbons (Fsp3) is 0.630. The van der Waals surface area contributed by atoms with E-state index < -0.39 is 24.7 Å². The zero-order valence-corrected chi connectivity index (χ0v) is 23.0. The van der Waals surface area contributed by atoms with Gasteiger partial charge in [-0.05, 0) is 59.2 Å². The zero-order valence-electron chi connectivity index (χ0n) is 23.0. The van der Waals surface area contributed by atoms with E-state index in [1.807, 2.05) is 49.7 Å². The van der Waals surface area contributed by atoms with Crippen molar-refractivity contribution in [2.75, 3.05) is 20.3 Å². The molecule has 3 unspecified atom stereocenters. The Bertz CT molecular complexity index is 958. The first-order valence-electron chi connectivity index (χ1n) is 12.7. The first-order chi connectivity index (χ1) is 17.7. The van der Waals surface area contributed by atoms with Crippen molar-refractivity contribution in [1.82, 2.24) is 9.78 Å². The van der Waals surface area contributed by atoms with E-state index in [9.17, 15) is 9.90 Å². The topological polar surface area (TPSA) is 122 Å². The highest BCUT2D eigenvalue weighted by Gasteiger charge is 2.32. The Balaban J connectivity index is 0.00000235. The normalized spacial score (nSPS) is 19.3. The number of rotatable bonds is 10. The average molecular weight is 523 g/mol. The van der Waals surface area contributed by atoms with Crippen LogP contribution >= 0.6 is 0 Å². The van der Waals surface area contributed by atoms with Gasteiger partial charge in [0.25, 0.3) is 0 Å². The third kappa shape index (κ3) is 9.21. The maximum Gasteiger partial charge on any atom is 0.508 e. The Kier molecular flexibility index (Phi) is 12.2. The van der Waals surface area contributed by atoms with Crippen LogP contribution in [-0.2, 0) is 20.6 Å². The second-order valence-corrected chi connectivity index (χ2v) is 9.32. The van der Waals surface area contributed by atoms with Crippen LogP contribution in [0.15, 0.2) is 24.3 Å². The van der Waals surface area contributed by atoms with Gasteiger partial charge in [0.2, 0.25) is 12.2 Å². The van der Waals surface area contributed by atoms with Crippen molar-refractivity contribution in [3.8, 4) is 11.6 Å². The van der Waals surface area contributed by atoms with Gasteiger partial charge >= 0.3 is 6.16 Å². The molecule has 1 aromatic heterocycles. The lowest BCUT2D eigenvalue weighted by Gasteiger charge is -2.32. The second kappa shape index (κ2) is 14.8. The van der Waals surface area contributed by atoms with Crippen molar-refractivity contribution < 1.29 is 38.7 Å². The molecular formula is C27H42N2O8. The van der Waals surface area contributed by atoms with Crippen molar-refractivity contribution in [3.05, 3.63) is 41.1 Å². The third-order valence-electron chi connectivity index (χ3n) is 5.64. The van der Waals surface area contributed by atoms with E-state index >= 15 is 0 Å². The maximum absolute atomic E-state index is 11.5. The highest BCUT2D eigenvalue weighted by atomic mass is 16.7. The van der Waals surface area contributed by atoms with Gasteiger partial charge in [0.05, 0.1) is 24.9 Å². The minimum absolute atomic E-state index is 0.0210. The van der Waals surface area contributed by atoms with Crippen molar-refractivity contribution >= 4 is 6.16 Å². The molecule has 1 fully saturated rings. The number of benzene rings is 1. The van der Waals surface area contributed by atoms with Gasteiger partial charge < -0.3 is 33.9 Å². The number of carbonyl (C=O) groups excluding carboxylic acids is 1. The molecule has 10 nitrogen and oxygen atoms in total. The van der Waals surface area contributed by atoms with Crippen LogP contribution in [0.1, 0.15) is 70.3 Å². The van der Waals surface area contributed by atoms with Crippen LogP contribution in [-0.4, -0.2) is 71.1 Å². The Morgan fingerprint density at radius 2 is 1.81 bits per heavy atom. The molecule has 1 aromatic carbocycles. The van der Waals surface area contributed by atoms with Crippen LogP contribution in [0.25, 0.3) is 0 Å². The van der Waals surface area contributed by atoms with Gasteiger partial charge in [-0.15, -0.1) is 5.10 Å². The largest absolute Gasteiger partial charge is 0.508 e.